The van der Waals surface area contributed by atoms with E-state index in [1.165, 1.54) is 13.2 Å². The molecule has 6 heteroatoms. The van der Waals surface area contributed by atoms with Crippen LogP contribution in [0.5, 0.6) is 5.75 Å². The van der Waals surface area contributed by atoms with Crippen molar-refractivity contribution in [2.45, 2.75) is 31.8 Å². The summed E-state index contributed by atoms with van der Waals surface area (Å²) in [7, 11) is 0. The molecule has 0 saturated carbocycles. The number of hydrogen-bond donors (Lipinski definition) is 0. The van der Waals surface area contributed by atoms with Crippen LogP contribution in [-0.2, 0) is 30.4 Å². The lowest BCUT2D eigenvalue weighted by atomic mass is 9.99. The first kappa shape index (κ1) is 21.6. The second-order valence-electron chi connectivity index (χ2n) is 7.52. The van der Waals surface area contributed by atoms with E-state index >= 15 is 0 Å². The van der Waals surface area contributed by atoms with Crippen molar-refractivity contribution in [1.29, 1.82) is 0 Å². The van der Waals surface area contributed by atoms with Gasteiger partial charge in [-0.3, -0.25) is 9.59 Å². The standard InChI is InChI=1S/C26H24O6/c1-18(28)29-17-24-26(31-15-19-7-3-2-4-8-19)25(22(14-27)16-30-24)32-23-12-11-20-9-5-6-10-21(20)13-23/h2-14,16,24-26H,15,17H2,1H3/t24-,25+,26+/m1/s1. The van der Waals surface area contributed by atoms with Gasteiger partial charge in [-0.15, -0.1) is 0 Å². The number of esters is 1. The predicted molar refractivity (Wildman–Crippen MR) is 119 cm³/mol. The van der Waals surface area contributed by atoms with Crippen molar-refractivity contribution < 1.29 is 28.5 Å². The van der Waals surface area contributed by atoms with Gasteiger partial charge >= 0.3 is 5.97 Å². The van der Waals surface area contributed by atoms with Crippen LogP contribution >= 0.6 is 0 Å². The molecule has 3 aromatic carbocycles. The Balaban J connectivity index is 1.61. The maximum Gasteiger partial charge on any atom is 0.302 e. The lowest BCUT2D eigenvalue weighted by Crippen LogP contribution is -2.50. The average molecular weight is 432 g/mol. The fraction of sp³-hybridized carbons (Fsp3) is 0.231. The van der Waals surface area contributed by atoms with E-state index in [0.717, 1.165) is 16.3 Å². The lowest BCUT2D eigenvalue weighted by Gasteiger charge is -2.36. The minimum atomic E-state index is -0.730. The molecular weight excluding hydrogens is 408 g/mol. The SMILES string of the molecule is CC(=O)OC[C@H]1OC=C(C=O)[C@H](Oc2ccc3ccccc3c2)[C@H]1OCc1ccccc1. The molecule has 0 amide bonds. The number of carbonyl (C=O) groups excluding carboxylic acids is 2. The van der Waals surface area contributed by atoms with Crippen molar-refractivity contribution in [3.8, 4) is 5.75 Å². The molecule has 3 atom stereocenters. The van der Waals surface area contributed by atoms with Gasteiger partial charge in [0, 0.05) is 6.92 Å². The van der Waals surface area contributed by atoms with E-state index in [9.17, 15) is 9.59 Å². The Hall–Kier alpha value is -3.64. The molecule has 4 rings (SSSR count). The van der Waals surface area contributed by atoms with E-state index in [0.29, 0.717) is 17.6 Å². The highest BCUT2D eigenvalue weighted by atomic mass is 16.6. The Bertz CT molecular complexity index is 1110. The van der Waals surface area contributed by atoms with Crippen LogP contribution < -0.4 is 4.74 Å². The zero-order chi connectivity index (χ0) is 22.3. The van der Waals surface area contributed by atoms with Crippen LogP contribution in [0, 0.1) is 0 Å². The van der Waals surface area contributed by atoms with Gasteiger partial charge in [0.25, 0.3) is 0 Å². The first-order valence-corrected chi connectivity index (χ1v) is 10.4. The third-order valence-corrected chi connectivity index (χ3v) is 5.23. The number of fused-ring (bicyclic) bond motifs is 1. The summed E-state index contributed by atoms with van der Waals surface area (Å²) in [6.07, 6.45) is 0.0247. The van der Waals surface area contributed by atoms with Crippen LogP contribution in [0.1, 0.15) is 12.5 Å². The minimum absolute atomic E-state index is 0.0188. The van der Waals surface area contributed by atoms with Crippen LogP contribution in [-0.4, -0.2) is 37.2 Å². The van der Waals surface area contributed by atoms with Crippen LogP contribution in [0.2, 0.25) is 0 Å². The van der Waals surface area contributed by atoms with Gasteiger partial charge in [-0.2, -0.15) is 0 Å². The van der Waals surface area contributed by atoms with E-state index in [2.05, 4.69) is 0 Å². The smallest absolute Gasteiger partial charge is 0.302 e. The van der Waals surface area contributed by atoms with E-state index in [-0.39, 0.29) is 13.2 Å². The highest BCUT2D eigenvalue weighted by molar-refractivity contribution is 5.83. The van der Waals surface area contributed by atoms with Crippen molar-refractivity contribution in [2.24, 2.45) is 0 Å². The Morgan fingerprint density at radius 1 is 1.00 bits per heavy atom. The molecule has 6 nitrogen and oxygen atoms in total. The lowest BCUT2D eigenvalue weighted by molar-refractivity contribution is -0.155. The summed E-state index contributed by atoms with van der Waals surface area (Å²) >= 11 is 0. The molecule has 0 radical (unpaired) electrons. The van der Waals surface area contributed by atoms with Gasteiger partial charge in [0.2, 0.25) is 0 Å². The monoisotopic (exact) mass is 432 g/mol. The highest BCUT2D eigenvalue weighted by Gasteiger charge is 2.40. The third kappa shape index (κ3) is 5.15. The third-order valence-electron chi connectivity index (χ3n) is 5.23. The predicted octanol–water partition coefficient (Wildman–Crippen LogP) is 4.22. The van der Waals surface area contributed by atoms with Crippen LogP contribution in [0.3, 0.4) is 0 Å². The Kier molecular flexibility index (Phi) is 6.82. The van der Waals surface area contributed by atoms with Gasteiger partial charge in [-0.25, -0.2) is 0 Å². The molecule has 1 aliphatic heterocycles. The fourth-order valence-corrected chi connectivity index (χ4v) is 3.61. The highest BCUT2D eigenvalue weighted by Crippen LogP contribution is 2.29. The van der Waals surface area contributed by atoms with Crippen LogP contribution in [0.15, 0.2) is 84.6 Å². The van der Waals surface area contributed by atoms with Gasteiger partial charge in [0.05, 0.1) is 18.4 Å². The van der Waals surface area contributed by atoms with Gasteiger partial charge in [-0.1, -0.05) is 60.7 Å². The molecule has 0 spiro atoms. The van der Waals surface area contributed by atoms with E-state index in [1.807, 2.05) is 72.8 Å². The molecule has 0 unspecified atom stereocenters. The van der Waals surface area contributed by atoms with E-state index in [1.54, 1.807) is 0 Å². The first-order valence-electron chi connectivity index (χ1n) is 10.4. The molecule has 0 fully saturated rings. The number of aldehydes is 1. The fourth-order valence-electron chi connectivity index (χ4n) is 3.61. The summed E-state index contributed by atoms with van der Waals surface area (Å²) in [6.45, 7) is 1.60. The summed E-state index contributed by atoms with van der Waals surface area (Å²) < 4.78 is 23.3. The summed E-state index contributed by atoms with van der Waals surface area (Å²) in [5, 5.41) is 2.11. The second-order valence-corrected chi connectivity index (χ2v) is 7.52. The number of benzene rings is 3. The maximum absolute atomic E-state index is 11.8. The Morgan fingerprint density at radius 3 is 2.50 bits per heavy atom. The molecule has 3 aromatic rings. The number of hydrogen-bond acceptors (Lipinski definition) is 6. The Morgan fingerprint density at radius 2 is 1.75 bits per heavy atom. The number of rotatable bonds is 8. The zero-order valence-electron chi connectivity index (χ0n) is 17.7. The van der Waals surface area contributed by atoms with Gasteiger partial charge in [-0.05, 0) is 28.5 Å². The number of ether oxygens (including phenoxy) is 4. The van der Waals surface area contributed by atoms with Crippen LogP contribution in [0.25, 0.3) is 10.8 Å². The topological polar surface area (TPSA) is 71.1 Å². The molecule has 32 heavy (non-hydrogen) atoms. The molecular formula is C26H24O6. The van der Waals surface area contributed by atoms with Crippen molar-refractivity contribution in [2.75, 3.05) is 6.61 Å². The van der Waals surface area contributed by atoms with E-state index < -0.39 is 24.3 Å². The molecule has 164 valence electrons. The maximum atomic E-state index is 11.8. The minimum Gasteiger partial charge on any atom is -0.491 e. The average Bonchev–Trinajstić information content (AvgIpc) is 2.82. The van der Waals surface area contributed by atoms with E-state index in [4.69, 9.17) is 18.9 Å². The van der Waals surface area contributed by atoms with Gasteiger partial charge in [0.15, 0.2) is 18.5 Å². The normalized spacial score (nSPS) is 20.2. The quantitative estimate of drug-likeness (QED) is 0.392. The molecule has 0 bridgehead atoms. The summed E-state index contributed by atoms with van der Waals surface area (Å²) in [4.78, 5) is 23.2. The molecule has 0 aliphatic carbocycles. The molecule has 1 aliphatic rings. The van der Waals surface area contributed by atoms with Crippen molar-refractivity contribution in [1.82, 2.24) is 0 Å². The Labute approximate surface area is 186 Å². The molecule has 1 heterocycles. The summed E-state index contributed by atoms with van der Waals surface area (Å²) in [5.41, 5.74) is 1.28. The van der Waals surface area contributed by atoms with Gasteiger partial charge < -0.3 is 18.9 Å². The summed E-state index contributed by atoms with van der Waals surface area (Å²) in [5.74, 6) is 0.176. The molecule has 0 aromatic heterocycles. The first-order chi connectivity index (χ1) is 15.6. The van der Waals surface area contributed by atoms with Crippen LogP contribution in [0.4, 0.5) is 0 Å². The summed E-state index contributed by atoms with van der Waals surface area (Å²) in [6, 6.07) is 23.3. The van der Waals surface area contributed by atoms with Crippen molar-refractivity contribution in [3.63, 3.8) is 0 Å². The van der Waals surface area contributed by atoms with Crippen molar-refractivity contribution >= 4 is 23.0 Å². The second kappa shape index (κ2) is 10.1. The van der Waals surface area contributed by atoms with Crippen molar-refractivity contribution in [3.05, 3.63) is 90.2 Å². The number of carbonyl (C=O) groups is 2. The molecule has 0 N–H and O–H groups in total. The van der Waals surface area contributed by atoms with Gasteiger partial charge in [0.1, 0.15) is 18.5 Å². The molecule has 0 saturated heterocycles. The largest absolute Gasteiger partial charge is 0.491 e. The zero-order valence-corrected chi connectivity index (χ0v) is 17.7.